The van der Waals surface area contributed by atoms with E-state index in [4.69, 9.17) is 14.1 Å². The summed E-state index contributed by atoms with van der Waals surface area (Å²) in [6.45, 7) is 5.16. The first kappa shape index (κ1) is 32.6. The Labute approximate surface area is 235 Å². The van der Waals surface area contributed by atoms with Crippen LogP contribution in [-0.4, -0.2) is 38.4 Å². The van der Waals surface area contributed by atoms with Gasteiger partial charge < -0.3 is 19.4 Å². The van der Waals surface area contributed by atoms with Crippen LogP contribution in [0.3, 0.4) is 0 Å². The predicted octanol–water partition coefficient (Wildman–Crippen LogP) is 5.08. The molecule has 10 nitrogen and oxygen atoms in total. The first-order valence-corrected chi connectivity index (χ1v) is 12.5. The SMILES string of the molecule is CC(C)(C)[C@H](NC(=O)C(CCCc1cc(C(F)(F)F)cc(C(F)(F)F)c1)[C@H](O)C(=O)NO)c1noc(-c2ccco2)n1. The van der Waals surface area contributed by atoms with Crippen LogP contribution in [-0.2, 0) is 28.4 Å². The molecule has 0 spiro atoms. The van der Waals surface area contributed by atoms with Crippen molar-refractivity contribution in [1.29, 1.82) is 0 Å². The number of hydrogen-bond donors (Lipinski definition) is 4. The van der Waals surface area contributed by atoms with E-state index in [1.54, 1.807) is 32.9 Å². The highest BCUT2D eigenvalue weighted by molar-refractivity contribution is 5.88. The van der Waals surface area contributed by atoms with Crippen LogP contribution in [0.4, 0.5) is 26.3 Å². The fourth-order valence-electron chi connectivity index (χ4n) is 4.14. The minimum atomic E-state index is -5.04. The molecule has 0 saturated carbocycles. The number of hydroxylamine groups is 1. The third-order valence-corrected chi connectivity index (χ3v) is 6.31. The van der Waals surface area contributed by atoms with E-state index >= 15 is 0 Å². The average molecular weight is 607 g/mol. The number of aryl methyl sites for hydroxylation is 1. The number of alkyl halides is 6. The Kier molecular flexibility index (Phi) is 9.72. The molecular formula is C26H28F6N4O6. The summed E-state index contributed by atoms with van der Waals surface area (Å²) in [4.78, 5) is 29.6. The molecule has 3 atom stereocenters. The van der Waals surface area contributed by atoms with E-state index in [0.717, 1.165) is 0 Å². The number of amides is 2. The van der Waals surface area contributed by atoms with Gasteiger partial charge in [0.1, 0.15) is 6.10 Å². The third-order valence-electron chi connectivity index (χ3n) is 6.31. The van der Waals surface area contributed by atoms with Crippen molar-refractivity contribution in [3.05, 3.63) is 59.1 Å². The van der Waals surface area contributed by atoms with Crippen LogP contribution >= 0.6 is 0 Å². The van der Waals surface area contributed by atoms with Gasteiger partial charge in [-0.2, -0.15) is 31.3 Å². The van der Waals surface area contributed by atoms with Gasteiger partial charge in [0.15, 0.2) is 11.6 Å². The number of hydrogen-bond acceptors (Lipinski definition) is 8. The van der Waals surface area contributed by atoms with Crippen LogP contribution in [0, 0.1) is 11.3 Å². The van der Waals surface area contributed by atoms with Crippen molar-refractivity contribution in [3.8, 4) is 11.7 Å². The molecule has 42 heavy (non-hydrogen) atoms. The van der Waals surface area contributed by atoms with E-state index in [1.807, 2.05) is 0 Å². The molecule has 1 unspecified atom stereocenters. The zero-order valence-corrected chi connectivity index (χ0v) is 22.5. The number of benzene rings is 1. The molecular weight excluding hydrogens is 578 g/mol. The number of aromatic nitrogens is 2. The summed E-state index contributed by atoms with van der Waals surface area (Å²) in [5, 5.41) is 26.0. The van der Waals surface area contributed by atoms with Crippen molar-refractivity contribution in [2.75, 3.05) is 0 Å². The molecule has 2 heterocycles. The second kappa shape index (κ2) is 12.5. The summed E-state index contributed by atoms with van der Waals surface area (Å²) >= 11 is 0. The van der Waals surface area contributed by atoms with Gasteiger partial charge in [-0.05, 0) is 60.6 Å². The minimum absolute atomic E-state index is 0.00301. The van der Waals surface area contributed by atoms with Gasteiger partial charge in [0.25, 0.3) is 11.8 Å². The molecule has 0 aliphatic rings. The second-order valence-corrected chi connectivity index (χ2v) is 10.6. The van der Waals surface area contributed by atoms with Gasteiger partial charge in [0.05, 0.1) is 29.3 Å². The molecule has 0 aliphatic heterocycles. The summed E-state index contributed by atoms with van der Waals surface area (Å²) in [7, 11) is 0. The fourth-order valence-corrected chi connectivity index (χ4v) is 4.14. The van der Waals surface area contributed by atoms with Gasteiger partial charge in [-0.1, -0.05) is 25.9 Å². The molecule has 2 amide bonds. The second-order valence-electron chi connectivity index (χ2n) is 10.6. The zero-order chi connectivity index (χ0) is 31.5. The van der Waals surface area contributed by atoms with E-state index in [2.05, 4.69) is 15.5 Å². The van der Waals surface area contributed by atoms with Crippen LogP contribution in [0.1, 0.15) is 62.2 Å². The lowest BCUT2D eigenvalue weighted by Gasteiger charge is -2.31. The maximum absolute atomic E-state index is 13.3. The molecule has 0 aliphatic carbocycles. The number of furan rings is 1. The number of carbonyl (C=O) groups excluding carboxylic acids is 2. The Morgan fingerprint density at radius 2 is 1.62 bits per heavy atom. The van der Waals surface area contributed by atoms with Crippen molar-refractivity contribution >= 4 is 11.8 Å². The van der Waals surface area contributed by atoms with E-state index < -0.39 is 58.8 Å². The summed E-state index contributed by atoms with van der Waals surface area (Å²) < 4.78 is 89.7. The number of carbonyl (C=O) groups is 2. The molecule has 0 saturated heterocycles. The van der Waals surface area contributed by atoms with Crippen molar-refractivity contribution in [1.82, 2.24) is 20.9 Å². The Morgan fingerprint density at radius 1 is 1.00 bits per heavy atom. The molecule has 230 valence electrons. The molecule has 3 aromatic rings. The number of aliphatic hydroxyl groups excluding tert-OH is 1. The van der Waals surface area contributed by atoms with Gasteiger partial charge in [0, 0.05) is 0 Å². The number of aliphatic hydroxyl groups is 1. The van der Waals surface area contributed by atoms with Gasteiger partial charge in [-0.15, -0.1) is 0 Å². The normalized spacial score (nSPS) is 14.7. The van der Waals surface area contributed by atoms with Gasteiger partial charge in [0.2, 0.25) is 5.91 Å². The first-order valence-electron chi connectivity index (χ1n) is 12.5. The quantitative estimate of drug-likeness (QED) is 0.142. The van der Waals surface area contributed by atoms with E-state index in [-0.39, 0.29) is 48.4 Å². The van der Waals surface area contributed by atoms with Crippen molar-refractivity contribution in [3.63, 3.8) is 0 Å². The first-order chi connectivity index (χ1) is 19.4. The number of nitrogens with one attached hydrogen (secondary N) is 2. The van der Waals surface area contributed by atoms with Crippen LogP contribution in [0.15, 0.2) is 45.5 Å². The maximum Gasteiger partial charge on any atom is 0.416 e. The van der Waals surface area contributed by atoms with Gasteiger partial charge >= 0.3 is 12.4 Å². The van der Waals surface area contributed by atoms with Gasteiger partial charge in [-0.25, -0.2) is 5.48 Å². The van der Waals surface area contributed by atoms with Crippen molar-refractivity contribution in [2.24, 2.45) is 11.3 Å². The summed E-state index contributed by atoms with van der Waals surface area (Å²) in [5.74, 6) is -3.56. The summed E-state index contributed by atoms with van der Waals surface area (Å²) in [5.41, 5.74) is -2.85. The molecule has 3 rings (SSSR count). The summed E-state index contributed by atoms with van der Waals surface area (Å²) in [6.07, 6.45) is -11.7. The van der Waals surface area contributed by atoms with Crippen LogP contribution in [0.2, 0.25) is 0 Å². The van der Waals surface area contributed by atoms with E-state index in [9.17, 15) is 41.0 Å². The number of nitrogens with zero attached hydrogens (tertiary/aromatic N) is 2. The highest BCUT2D eigenvalue weighted by atomic mass is 19.4. The molecule has 0 bridgehead atoms. The topological polar surface area (TPSA) is 151 Å². The fraction of sp³-hybridized carbons (Fsp3) is 0.462. The van der Waals surface area contributed by atoms with Gasteiger partial charge in [-0.3, -0.25) is 14.8 Å². The summed E-state index contributed by atoms with van der Waals surface area (Å²) in [6, 6.07) is 3.31. The van der Waals surface area contributed by atoms with Crippen molar-refractivity contribution < 1.29 is 55.2 Å². The molecule has 4 N–H and O–H groups in total. The van der Waals surface area contributed by atoms with Crippen LogP contribution in [0.5, 0.6) is 0 Å². The smallest absolute Gasteiger partial charge is 0.416 e. The minimum Gasteiger partial charge on any atom is -0.459 e. The molecule has 16 heteroatoms. The lowest BCUT2D eigenvalue weighted by Crippen LogP contribution is -2.48. The molecule has 0 fully saturated rings. The number of halogens is 6. The largest absolute Gasteiger partial charge is 0.459 e. The Hall–Kier alpha value is -3.92. The van der Waals surface area contributed by atoms with Crippen LogP contribution in [0.25, 0.3) is 11.7 Å². The standard InChI is InChI=1S/C26H28F6N4O6/c1-24(2,3)19(20-34-23(42-36-20)17-8-5-9-41-17)33-21(38)16(18(37)22(39)35-40)7-4-6-13-10-14(25(27,28)29)12-15(11-13)26(30,31)32/h5,8-12,16,18-19,37,40H,4,6-7H2,1-3H3,(H,33,38)(H,35,39)/t16?,18-,19+/m0/s1. The van der Waals surface area contributed by atoms with Crippen LogP contribution < -0.4 is 10.8 Å². The molecule has 1 aromatic carbocycles. The number of rotatable bonds is 10. The maximum atomic E-state index is 13.3. The highest BCUT2D eigenvalue weighted by Crippen LogP contribution is 2.37. The lowest BCUT2D eigenvalue weighted by molar-refractivity contribution is -0.146. The Bertz CT molecular complexity index is 1330. The average Bonchev–Trinajstić information content (AvgIpc) is 3.59. The van der Waals surface area contributed by atoms with E-state index in [1.165, 1.54) is 11.7 Å². The monoisotopic (exact) mass is 606 g/mol. The highest BCUT2D eigenvalue weighted by Gasteiger charge is 2.39. The van der Waals surface area contributed by atoms with Crippen molar-refractivity contribution in [2.45, 2.75) is 64.5 Å². The Morgan fingerprint density at radius 3 is 2.12 bits per heavy atom. The molecule has 0 radical (unpaired) electrons. The zero-order valence-electron chi connectivity index (χ0n) is 22.5. The predicted molar refractivity (Wildman–Crippen MR) is 131 cm³/mol. The Balaban J connectivity index is 1.83. The molecule has 2 aromatic heterocycles. The van der Waals surface area contributed by atoms with E-state index in [0.29, 0.717) is 12.1 Å². The lowest BCUT2D eigenvalue weighted by atomic mass is 9.85. The third kappa shape index (κ3) is 8.09.